The van der Waals surface area contributed by atoms with E-state index in [-0.39, 0.29) is 23.9 Å². The van der Waals surface area contributed by atoms with E-state index in [4.69, 9.17) is 0 Å². The van der Waals surface area contributed by atoms with Gasteiger partial charge in [0.15, 0.2) is 0 Å². The molecule has 4 rings (SSSR count). The zero-order valence-corrected chi connectivity index (χ0v) is 13.9. The molecule has 24 heavy (non-hydrogen) atoms. The van der Waals surface area contributed by atoms with Gasteiger partial charge in [-0.3, -0.25) is 14.2 Å². The molecule has 1 unspecified atom stereocenters. The fraction of sp³-hybridized carbons (Fsp3) is 0.278. The number of nitrogens with zero attached hydrogens (tertiary/aromatic N) is 2. The molecule has 0 spiro atoms. The molecule has 0 radical (unpaired) electrons. The number of hydrogen-bond acceptors (Lipinski definition) is 4. The van der Waals surface area contributed by atoms with Crippen LogP contribution in [0.25, 0.3) is 10.2 Å². The summed E-state index contributed by atoms with van der Waals surface area (Å²) in [6.07, 6.45) is 3.74. The maximum Gasteiger partial charge on any atom is 0.262 e. The van der Waals surface area contributed by atoms with Gasteiger partial charge in [-0.05, 0) is 35.4 Å². The molecule has 0 saturated heterocycles. The van der Waals surface area contributed by atoms with E-state index in [0.717, 1.165) is 17.7 Å². The average molecular weight is 339 g/mol. The maximum atomic E-state index is 12.3. The van der Waals surface area contributed by atoms with E-state index in [2.05, 4.69) is 22.4 Å². The van der Waals surface area contributed by atoms with Crippen LogP contribution >= 0.6 is 11.3 Å². The van der Waals surface area contributed by atoms with Gasteiger partial charge in [0.25, 0.3) is 5.56 Å². The minimum atomic E-state index is -0.0831. The first kappa shape index (κ1) is 15.1. The Bertz CT molecular complexity index is 960. The molecule has 1 amide bonds. The maximum absolute atomic E-state index is 12.3. The van der Waals surface area contributed by atoms with Gasteiger partial charge in [0, 0.05) is 13.0 Å². The van der Waals surface area contributed by atoms with Crippen molar-refractivity contribution < 1.29 is 4.79 Å². The van der Waals surface area contributed by atoms with Gasteiger partial charge in [-0.15, -0.1) is 11.3 Å². The molecule has 0 aliphatic heterocycles. The summed E-state index contributed by atoms with van der Waals surface area (Å²) in [7, 11) is 0. The summed E-state index contributed by atoms with van der Waals surface area (Å²) in [6.45, 7) is 0.345. The lowest BCUT2D eigenvalue weighted by Gasteiger charge is -2.14. The molecule has 122 valence electrons. The number of benzene rings is 1. The lowest BCUT2D eigenvalue weighted by Crippen LogP contribution is -2.29. The lowest BCUT2D eigenvalue weighted by atomic mass is 10.1. The number of rotatable bonds is 4. The fourth-order valence-electron chi connectivity index (χ4n) is 3.25. The monoisotopic (exact) mass is 339 g/mol. The first-order valence-corrected chi connectivity index (χ1v) is 8.90. The van der Waals surface area contributed by atoms with Crippen molar-refractivity contribution in [2.75, 3.05) is 0 Å². The van der Waals surface area contributed by atoms with Crippen molar-refractivity contribution in [2.24, 2.45) is 0 Å². The summed E-state index contributed by atoms with van der Waals surface area (Å²) < 4.78 is 1.51. The minimum absolute atomic E-state index is 0.0333. The Morgan fingerprint density at radius 2 is 2.21 bits per heavy atom. The highest BCUT2D eigenvalue weighted by Crippen LogP contribution is 2.30. The van der Waals surface area contributed by atoms with E-state index in [1.54, 1.807) is 6.07 Å². The van der Waals surface area contributed by atoms with Gasteiger partial charge < -0.3 is 5.32 Å². The van der Waals surface area contributed by atoms with Crippen LogP contribution in [0.3, 0.4) is 0 Å². The molecule has 1 N–H and O–H groups in total. The van der Waals surface area contributed by atoms with E-state index in [1.807, 2.05) is 17.5 Å². The van der Waals surface area contributed by atoms with Crippen LogP contribution in [-0.2, 0) is 17.8 Å². The predicted molar refractivity (Wildman–Crippen MR) is 94.1 cm³/mol. The third-order valence-electron chi connectivity index (χ3n) is 4.50. The average Bonchev–Trinajstić information content (AvgIpc) is 3.22. The number of nitrogens with one attached hydrogen (secondary N) is 1. The number of carbonyl (C=O) groups excluding carboxylic acids is 1. The lowest BCUT2D eigenvalue weighted by molar-refractivity contribution is -0.122. The molecular weight excluding hydrogens is 322 g/mol. The highest BCUT2D eigenvalue weighted by Gasteiger charge is 2.23. The third kappa shape index (κ3) is 2.73. The van der Waals surface area contributed by atoms with Gasteiger partial charge in [0.1, 0.15) is 4.83 Å². The van der Waals surface area contributed by atoms with Crippen LogP contribution in [0.15, 0.2) is 46.8 Å². The summed E-state index contributed by atoms with van der Waals surface area (Å²) in [6, 6.07) is 10.1. The topological polar surface area (TPSA) is 64.0 Å². The van der Waals surface area contributed by atoms with Crippen LogP contribution in [0.1, 0.15) is 30.0 Å². The largest absolute Gasteiger partial charge is 0.349 e. The molecule has 1 aliphatic carbocycles. The summed E-state index contributed by atoms with van der Waals surface area (Å²) in [5, 5.41) is 5.56. The van der Waals surface area contributed by atoms with Gasteiger partial charge in [-0.25, -0.2) is 4.98 Å². The van der Waals surface area contributed by atoms with E-state index >= 15 is 0 Å². The highest BCUT2D eigenvalue weighted by atomic mass is 32.1. The molecule has 0 bridgehead atoms. The Labute approximate surface area is 143 Å². The fourth-order valence-corrected chi connectivity index (χ4v) is 3.97. The van der Waals surface area contributed by atoms with Crippen molar-refractivity contribution in [1.82, 2.24) is 14.9 Å². The molecule has 0 fully saturated rings. The van der Waals surface area contributed by atoms with Crippen LogP contribution in [0.5, 0.6) is 0 Å². The van der Waals surface area contributed by atoms with Crippen LogP contribution in [0.2, 0.25) is 0 Å². The number of carbonyl (C=O) groups is 1. The minimum Gasteiger partial charge on any atom is -0.349 e. The Morgan fingerprint density at radius 3 is 3.12 bits per heavy atom. The quantitative estimate of drug-likeness (QED) is 0.795. The second kappa shape index (κ2) is 6.20. The molecule has 1 aliphatic rings. The van der Waals surface area contributed by atoms with Crippen LogP contribution in [0, 0.1) is 0 Å². The standard InChI is InChI=1S/C18H17N3O2S/c22-16(20-15-6-5-12-3-1-2-4-13(12)15)7-9-21-11-19-17-14(18(21)23)8-10-24-17/h1-4,8,10-11,15H,5-7,9H2,(H,20,22). The molecule has 1 aromatic carbocycles. The van der Waals surface area contributed by atoms with E-state index in [0.29, 0.717) is 11.9 Å². The summed E-state index contributed by atoms with van der Waals surface area (Å²) in [5.74, 6) is -0.0333. The summed E-state index contributed by atoms with van der Waals surface area (Å²) in [5.41, 5.74) is 2.44. The number of amides is 1. The molecule has 2 heterocycles. The molecule has 2 aromatic heterocycles. The molecule has 3 aromatic rings. The van der Waals surface area contributed by atoms with Crippen molar-refractivity contribution >= 4 is 27.5 Å². The first-order chi connectivity index (χ1) is 11.7. The Balaban J connectivity index is 1.42. The number of aryl methyl sites for hydroxylation is 2. The molecule has 5 nitrogen and oxygen atoms in total. The highest BCUT2D eigenvalue weighted by molar-refractivity contribution is 7.16. The van der Waals surface area contributed by atoms with Gasteiger partial charge in [0.2, 0.25) is 5.91 Å². The Morgan fingerprint density at radius 1 is 1.33 bits per heavy atom. The van der Waals surface area contributed by atoms with Gasteiger partial charge in [-0.2, -0.15) is 0 Å². The SMILES string of the molecule is O=C(CCn1cnc2sccc2c1=O)NC1CCc2ccccc21. The zero-order valence-electron chi connectivity index (χ0n) is 13.1. The number of aromatic nitrogens is 2. The van der Waals surface area contributed by atoms with Crippen LogP contribution in [-0.4, -0.2) is 15.5 Å². The third-order valence-corrected chi connectivity index (χ3v) is 5.32. The van der Waals surface area contributed by atoms with Crippen molar-refractivity contribution in [1.29, 1.82) is 0 Å². The van der Waals surface area contributed by atoms with Crippen molar-refractivity contribution in [3.63, 3.8) is 0 Å². The Hall–Kier alpha value is -2.47. The van der Waals surface area contributed by atoms with E-state index < -0.39 is 0 Å². The van der Waals surface area contributed by atoms with Gasteiger partial charge in [-0.1, -0.05) is 24.3 Å². The van der Waals surface area contributed by atoms with Crippen molar-refractivity contribution in [2.45, 2.75) is 31.8 Å². The second-order valence-electron chi connectivity index (χ2n) is 5.99. The van der Waals surface area contributed by atoms with Crippen LogP contribution < -0.4 is 10.9 Å². The number of thiophene rings is 1. The summed E-state index contributed by atoms with van der Waals surface area (Å²) >= 11 is 1.45. The number of fused-ring (bicyclic) bond motifs is 2. The van der Waals surface area contributed by atoms with Gasteiger partial charge >= 0.3 is 0 Å². The second-order valence-corrected chi connectivity index (χ2v) is 6.88. The van der Waals surface area contributed by atoms with E-state index in [9.17, 15) is 9.59 Å². The smallest absolute Gasteiger partial charge is 0.262 e. The Kier molecular flexibility index (Phi) is 3.90. The number of hydrogen-bond donors (Lipinski definition) is 1. The van der Waals surface area contributed by atoms with E-state index in [1.165, 1.54) is 33.4 Å². The van der Waals surface area contributed by atoms with Crippen molar-refractivity contribution in [3.8, 4) is 0 Å². The molecule has 0 saturated carbocycles. The zero-order chi connectivity index (χ0) is 16.5. The van der Waals surface area contributed by atoms with Crippen molar-refractivity contribution in [3.05, 3.63) is 63.5 Å². The molecule has 6 heteroatoms. The predicted octanol–water partition coefficient (Wildman–Crippen LogP) is 2.65. The van der Waals surface area contributed by atoms with Gasteiger partial charge in [0.05, 0.1) is 17.8 Å². The summed E-state index contributed by atoms with van der Waals surface area (Å²) in [4.78, 5) is 29.6. The molecule has 1 atom stereocenters. The van der Waals surface area contributed by atoms with Crippen LogP contribution in [0.4, 0.5) is 0 Å². The normalized spacial score (nSPS) is 16.2. The molecular formula is C18H17N3O2S. The first-order valence-electron chi connectivity index (χ1n) is 8.02.